The lowest BCUT2D eigenvalue weighted by Crippen LogP contribution is -2.44. The van der Waals surface area contributed by atoms with E-state index in [1.165, 1.54) is 18.2 Å². The molecule has 1 fully saturated rings. The van der Waals surface area contributed by atoms with Crippen LogP contribution < -0.4 is 4.74 Å². The Morgan fingerprint density at radius 3 is 2.54 bits per heavy atom. The average Bonchev–Trinajstić information content (AvgIpc) is 3.11. The first kappa shape index (κ1) is 19.9. The summed E-state index contributed by atoms with van der Waals surface area (Å²) in [6.45, 7) is 6.54. The number of benzene rings is 1. The predicted molar refractivity (Wildman–Crippen MR) is 101 cm³/mol. The van der Waals surface area contributed by atoms with Crippen molar-refractivity contribution in [3.63, 3.8) is 0 Å². The summed E-state index contributed by atoms with van der Waals surface area (Å²) in [5.41, 5.74) is -0.0840. The molecule has 2 aromatic rings. The molecule has 6 nitrogen and oxygen atoms in total. The van der Waals surface area contributed by atoms with Gasteiger partial charge in [-0.1, -0.05) is 0 Å². The minimum atomic E-state index is -0.531. The first-order valence-corrected chi connectivity index (χ1v) is 9.25. The molecule has 0 saturated carbocycles. The largest absolute Gasteiger partial charge is 0.490 e. The molecule has 0 unspecified atom stereocenters. The molecule has 1 aliphatic rings. The van der Waals surface area contributed by atoms with Crippen molar-refractivity contribution in [3.05, 3.63) is 41.9 Å². The van der Waals surface area contributed by atoms with Crippen LogP contribution in [0.1, 0.15) is 44.2 Å². The first-order chi connectivity index (χ1) is 13.2. The van der Waals surface area contributed by atoms with Gasteiger partial charge in [0.05, 0.1) is 5.56 Å². The minimum Gasteiger partial charge on any atom is -0.490 e. The van der Waals surface area contributed by atoms with Gasteiger partial charge in [0.25, 0.3) is 0 Å². The van der Waals surface area contributed by atoms with Crippen LogP contribution in [0.3, 0.4) is 0 Å². The number of furan rings is 1. The smallest absolute Gasteiger partial charge is 0.410 e. The molecule has 1 aromatic heterocycles. The molecule has 7 heteroatoms. The summed E-state index contributed by atoms with van der Waals surface area (Å²) in [5, 5.41) is 0. The number of piperidine rings is 1. The Hall–Kier alpha value is -2.83. The lowest BCUT2D eigenvalue weighted by atomic mass is 10.1. The van der Waals surface area contributed by atoms with Crippen molar-refractivity contribution < 1.29 is 27.9 Å². The number of aldehydes is 1. The Labute approximate surface area is 163 Å². The van der Waals surface area contributed by atoms with E-state index in [0.717, 1.165) is 0 Å². The zero-order chi connectivity index (χ0) is 20.3. The van der Waals surface area contributed by atoms with E-state index in [0.29, 0.717) is 49.3 Å². The number of rotatable bonds is 4. The molecule has 28 heavy (non-hydrogen) atoms. The van der Waals surface area contributed by atoms with Gasteiger partial charge in [-0.2, -0.15) is 0 Å². The molecule has 1 saturated heterocycles. The maximum atomic E-state index is 13.8. The molecule has 1 aromatic carbocycles. The molecule has 0 radical (unpaired) electrons. The second kappa shape index (κ2) is 8.04. The third kappa shape index (κ3) is 4.91. The zero-order valence-corrected chi connectivity index (χ0v) is 16.2. The summed E-state index contributed by atoms with van der Waals surface area (Å²) in [4.78, 5) is 24.7. The van der Waals surface area contributed by atoms with E-state index in [4.69, 9.17) is 13.9 Å². The average molecular weight is 389 g/mol. The highest BCUT2D eigenvalue weighted by molar-refractivity contribution is 5.74. The summed E-state index contributed by atoms with van der Waals surface area (Å²) in [6, 6.07) is 7.32. The van der Waals surface area contributed by atoms with Crippen molar-refractivity contribution in [2.45, 2.75) is 45.3 Å². The van der Waals surface area contributed by atoms with Crippen LogP contribution in [0, 0.1) is 5.82 Å². The minimum absolute atomic E-state index is 0.122. The summed E-state index contributed by atoms with van der Waals surface area (Å²) < 4.78 is 30.6. The number of ether oxygens (including phenoxy) is 2. The van der Waals surface area contributed by atoms with E-state index in [9.17, 15) is 14.0 Å². The molecule has 0 bridgehead atoms. The van der Waals surface area contributed by atoms with E-state index in [-0.39, 0.29) is 18.0 Å². The number of carbonyl (C=O) groups excluding carboxylic acids is 2. The standard InChI is InChI=1S/C21H24FNO5/c1-21(2,3)28-20(25)23-10-8-15(9-11-23)26-18-6-4-14(22)12-17(18)19-7-5-16(13-24)27-19/h4-7,12-13,15H,8-11H2,1-3H3. The monoisotopic (exact) mass is 389 g/mol. The van der Waals surface area contributed by atoms with Gasteiger partial charge in [-0.25, -0.2) is 9.18 Å². The van der Waals surface area contributed by atoms with Crippen molar-refractivity contribution in [1.82, 2.24) is 4.90 Å². The van der Waals surface area contributed by atoms with E-state index in [1.807, 2.05) is 20.8 Å². The molecule has 0 N–H and O–H groups in total. The van der Waals surface area contributed by atoms with E-state index in [1.54, 1.807) is 17.0 Å². The molecule has 0 spiro atoms. The van der Waals surface area contributed by atoms with Crippen LogP contribution in [0.25, 0.3) is 11.3 Å². The Bertz CT molecular complexity index is 847. The van der Waals surface area contributed by atoms with Crippen LogP contribution in [0.2, 0.25) is 0 Å². The van der Waals surface area contributed by atoms with Gasteiger partial charge in [0.1, 0.15) is 29.0 Å². The Morgan fingerprint density at radius 2 is 1.93 bits per heavy atom. The van der Waals surface area contributed by atoms with Gasteiger partial charge in [0.15, 0.2) is 12.0 Å². The number of hydrogen-bond donors (Lipinski definition) is 0. The Balaban J connectivity index is 1.67. The topological polar surface area (TPSA) is 69.0 Å². The van der Waals surface area contributed by atoms with Gasteiger partial charge in [-0.3, -0.25) is 4.79 Å². The van der Waals surface area contributed by atoms with Gasteiger partial charge in [0, 0.05) is 25.9 Å². The fourth-order valence-corrected chi connectivity index (χ4v) is 3.02. The van der Waals surface area contributed by atoms with E-state index < -0.39 is 11.4 Å². The highest BCUT2D eigenvalue weighted by Crippen LogP contribution is 2.33. The normalized spacial score (nSPS) is 15.4. The molecule has 0 aliphatic carbocycles. The van der Waals surface area contributed by atoms with Gasteiger partial charge in [0.2, 0.25) is 0 Å². The van der Waals surface area contributed by atoms with Crippen LogP contribution in [0.4, 0.5) is 9.18 Å². The number of nitrogens with zero attached hydrogens (tertiary/aromatic N) is 1. The first-order valence-electron chi connectivity index (χ1n) is 9.25. The number of hydrogen-bond acceptors (Lipinski definition) is 5. The second-order valence-electron chi connectivity index (χ2n) is 7.74. The van der Waals surface area contributed by atoms with Crippen LogP contribution in [-0.2, 0) is 4.74 Å². The number of halogens is 1. The third-order valence-electron chi connectivity index (χ3n) is 4.34. The second-order valence-corrected chi connectivity index (χ2v) is 7.74. The molecule has 0 atom stereocenters. The highest BCUT2D eigenvalue weighted by atomic mass is 19.1. The van der Waals surface area contributed by atoms with Crippen molar-refractivity contribution in [1.29, 1.82) is 0 Å². The molecule has 150 valence electrons. The van der Waals surface area contributed by atoms with Crippen LogP contribution >= 0.6 is 0 Å². The number of amides is 1. The summed E-state index contributed by atoms with van der Waals surface area (Å²) in [7, 11) is 0. The summed E-state index contributed by atoms with van der Waals surface area (Å²) >= 11 is 0. The Morgan fingerprint density at radius 1 is 1.21 bits per heavy atom. The van der Waals surface area contributed by atoms with Crippen LogP contribution in [-0.4, -0.2) is 42.1 Å². The molecule has 3 rings (SSSR count). The maximum Gasteiger partial charge on any atom is 0.410 e. The number of carbonyl (C=O) groups is 2. The lowest BCUT2D eigenvalue weighted by molar-refractivity contribution is 0.0127. The number of likely N-dealkylation sites (tertiary alicyclic amines) is 1. The van der Waals surface area contributed by atoms with Gasteiger partial charge in [-0.15, -0.1) is 0 Å². The summed E-state index contributed by atoms with van der Waals surface area (Å²) in [5.74, 6) is 0.578. The van der Waals surface area contributed by atoms with Gasteiger partial charge in [-0.05, 0) is 51.1 Å². The quantitative estimate of drug-likeness (QED) is 0.711. The Kier molecular flexibility index (Phi) is 5.72. The van der Waals surface area contributed by atoms with Crippen molar-refractivity contribution in [2.24, 2.45) is 0 Å². The molecule has 1 aliphatic heterocycles. The zero-order valence-electron chi connectivity index (χ0n) is 16.2. The van der Waals surface area contributed by atoms with Gasteiger partial charge >= 0.3 is 6.09 Å². The fraction of sp³-hybridized carbons (Fsp3) is 0.429. The van der Waals surface area contributed by atoms with Crippen molar-refractivity contribution in [2.75, 3.05) is 13.1 Å². The third-order valence-corrected chi connectivity index (χ3v) is 4.34. The fourth-order valence-electron chi connectivity index (χ4n) is 3.02. The van der Waals surface area contributed by atoms with Crippen LogP contribution in [0.5, 0.6) is 5.75 Å². The van der Waals surface area contributed by atoms with Crippen molar-refractivity contribution >= 4 is 12.4 Å². The molecular weight excluding hydrogens is 365 g/mol. The predicted octanol–water partition coefficient (Wildman–Crippen LogP) is 4.68. The maximum absolute atomic E-state index is 13.8. The van der Waals surface area contributed by atoms with Crippen LogP contribution in [0.15, 0.2) is 34.7 Å². The van der Waals surface area contributed by atoms with Gasteiger partial charge < -0.3 is 18.8 Å². The molecular formula is C21H24FNO5. The highest BCUT2D eigenvalue weighted by Gasteiger charge is 2.28. The molecule has 1 amide bonds. The van der Waals surface area contributed by atoms with Crippen molar-refractivity contribution in [3.8, 4) is 17.1 Å². The SMILES string of the molecule is CC(C)(C)OC(=O)N1CCC(Oc2ccc(F)cc2-c2ccc(C=O)o2)CC1. The van der Waals surface area contributed by atoms with E-state index >= 15 is 0 Å². The van der Waals surface area contributed by atoms with E-state index in [2.05, 4.69) is 0 Å². The lowest BCUT2D eigenvalue weighted by Gasteiger charge is -2.33. The molecule has 2 heterocycles. The summed E-state index contributed by atoms with van der Waals surface area (Å²) in [6.07, 6.45) is 1.41.